The van der Waals surface area contributed by atoms with Crippen LogP contribution < -0.4 is 0 Å². The first-order valence-electron chi connectivity index (χ1n) is 6.86. The van der Waals surface area contributed by atoms with E-state index in [0.717, 1.165) is 10.8 Å². The summed E-state index contributed by atoms with van der Waals surface area (Å²) >= 11 is 0. The van der Waals surface area contributed by atoms with Gasteiger partial charge in [0.25, 0.3) is 0 Å². The molecule has 0 saturated heterocycles. The molecule has 0 unspecified atom stereocenters. The summed E-state index contributed by atoms with van der Waals surface area (Å²) in [6.45, 7) is 4.00. The molecule has 3 heterocycles. The van der Waals surface area contributed by atoms with Gasteiger partial charge >= 0.3 is 0 Å². The van der Waals surface area contributed by atoms with Gasteiger partial charge in [-0.1, -0.05) is 44.2 Å². The topological polar surface area (TPSA) is 17.6 Å². The molecular formula is C18H19NO. The second-order valence-corrected chi connectivity index (χ2v) is 4.04. The van der Waals surface area contributed by atoms with Gasteiger partial charge < -0.3 is 8.82 Å². The Morgan fingerprint density at radius 2 is 1.25 bits per heavy atom. The Hall–Kier alpha value is -2.48. The molecule has 0 aliphatic heterocycles. The lowest BCUT2D eigenvalue weighted by Crippen LogP contribution is -1.75. The number of fused-ring (bicyclic) bond motifs is 2. The molecule has 0 atom stereocenters. The van der Waals surface area contributed by atoms with Crippen molar-refractivity contribution < 1.29 is 4.42 Å². The van der Waals surface area contributed by atoms with E-state index in [1.54, 1.807) is 12.5 Å². The average Bonchev–Trinajstić information content (AvgIpc) is 3.18. The van der Waals surface area contributed by atoms with Gasteiger partial charge in [-0.2, -0.15) is 0 Å². The molecule has 2 heteroatoms. The Bertz CT molecular complexity index is 625. The van der Waals surface area contributed by atoms with E-state index in [9.17, 15) is 0 Å². The Morgan fingerprint density at radius 3 is 1.90 bits per heavy atom. The fourth-order valence-corrected chi connectivity index (χ4v) is 1.89. The van der Waals surface area contributed by atoms with Crippen LogP contribution in [0.25, 0.3) is 16.3 Å². The molecule has 0 aliphatic rings. The summed E-state index contributed by atoms with van der Waals surface area (Å²) in [4.78, 5) is 0. The highest BCUT2D eigenvalue weighted by atomic mass is 16.3. The van der Waals surface area contributed by atoms with Crippen LogP contribution in [0.4, 0.5) is 0 Å². The maximum atomic E-state index is 4.96. The van der Waals surface area contributed by atoms with Crippen molar-refractivity contribution in [1.29, 1.82) is 0 Å². The molecule has 1 aromatic carbocycles. The predicted molar refractivity (Wildman–Crippen MR) is 85.0 cm³/mol. The van der Waals surface area contributed by atoms with Gasteiger partial charge in [-0.05, 0) is 24.3 Å². The van der Waals surface area contributed by atoms with Crippen LogP contribution in [-0.4, -0.2) is 4.40 Å². The van der Waals surface area contributed by atoms with Crippen molar-refractivity contribution in [1.82, 2.24) is 4.40 Å². The lowest BCUT2D eigenvalue weighted by atomic mass is 10.2. The van der Waals surface area contributed by atoms with E-state index in [0.29, 0.717) is 0 Å². The third-order valence-corrected chi connectivity index (χ3v) is 2.82. The number of pyridine rings is 1. The summed E-state index contributed by atoms with van der Waals surface area (Å²) in [5, 5.41) is 2.33. The van der Waals surface area contributed by atoms with Gasteiger partial charge in [-0.25, -0.2) is 0 Å². The minimum absolute atomic E-state index is 1.16. The summed E-state index contributed by atoms with van der Waals surface area (Å²) in [6.07, 6.45) is 7.56. The van der Waals surface area contributed by atoms with Crippen LogP contribution in [0.2, 0.25) is 0 Å². The van der Waals surface area contributed by atoms with Gasteiger partial charge in [0.15, 0.2) is 0 Å². The lowest BCUT2D eigenvalue weighted by Gasteiger charge is -1.88. The van der Waals surface area contributed by atoms with Crippen LogP contribution in [0.3, 0.4) is 0 Å². The number of hydrogen-bond acceptors (Lipinski definition) is 1. The first-order chi connectivity index (χ1) is 9.93. The second kappa shape index (κ2) is 7.19. The van der Waals surface area contributed by atoms with E-state index in [-0.39, 0.29) is 0 Å². The van der Waals surface area contributed by atoms with E-state index in [4.69, 9.17) is 4.42 Å². The number of hydrogen-bond donors (Lipinski definition) is 0. The molecule has 0 saturated carbocycles. The van der Waals surface area contributed by atoms with Crippen molar-refractivity contribution in [2.75, 3.05) is 0 Å². The monoisotopic (exact) mass is 265 g/mol. The van der Waals surface area contributed by atoms with E-state index in [1.807, 2.05) is 68.7 Å². The van der Waals surface area contributed by atoms with Crippen molar-refractivity contribution >= 4 is 16.3 Å². The molecule has 2 nitrogen and oxygen atoms in total. The first-order valence-corrected chi connectivity index (χ1v) is 6.86. The Kier molecular flexibility index (Phi) is 5.01. The standard InChI is InChI=1S/C8H7N.C8H6O.C2H6/c1-2-6-9-7-3-5-8(9)4-1;1-2-4-8-6-9-5-7(8)3-1;1-2/h1-7H;1-6H;1-2H3. The molecule has 102 valence electrons. The van der Waals surface area contributed by atoms with Gasteiger partial charge in [0.2, 0.25) is 0 Å². The molecule has 4 aromatic rings. The molecule has 0 aliphatic carbocycles. The van der Waals surface area contributed by atoms with Crippen LogP contribution >= 0.6 is 0 Å². The van der Waals surface area contributed by atoms with Crippen LogP contribution in [0, 0.1) is 0 Å². The second-order valence-electron chi connectivity index (χ2n) is 4.04. The normalized spacial score (nSPS) is 9.50. The largest absolute Gasteiger partial charge is 0.471 e. The highest BCUT2D eigenvalue weighted by Gasteiger charge is 1.89. The first kappa shape index (κ1) is 13.9. The van der Waals surface area contributed by atoms with Gasteiger partial charge in [0.05, 0.1) is 12.5 Å². The number of benzene rings is 1. The van der Waals surface area contributed by atoms with Crippen molar-refractivity contribution in [3.63, 3.8) is 0 Å². The van der Waals surface area contributed by atoms with E-state index < -0.39 is 0 Å². The van der Waals surface area contributed by atoms with Crippen molar-refractivity contribution in [3.05, 3.63) is 79.5 Å². The molecule has 0 radical (unpaired) electrons. The minimum atomic E-state index is 1.16. The number of aromatic nitrogens is 1. The number of nitrogens with zero attached hydrogens (tertiary/aromatic N) is 1. The fourth-order valence-electron chi connectivity index (χ4n) is 1.89. The maximum absolute atomic E-state index is 4.96. The number of furan rings is 1. The van der Waals surface area contributed by atoms with Crippen molar-refractivity contribution in [3.8, 4) is 0 Å². The van der Waals surface area contributed by atoms with Crippen LogP contribution in [0.15, 0.2) is 83.9 Å². The van der Waals surface area contributed by atoms with Gasteiger partial charge in [0.1, 0.15) is 0 Å². The predicted octanol–water partition coefficient (Wildman–Crippen LogP) is 5.40. The summed E-state index contributed by atoms with van der Waals surface area (Å²) < 4.78 is 7.05. The average molecular weight is 265 g/mol. The molecule has 0 amide bonds. The molecule has 0 fully saturated rings. The zero-order valence-electron chi connectivity index (χ0n) is 11.9. The SMILES string of the molecule is CC.c1ccc2cocc2c1.c1ccn2cccc2c1. The van der Waals surface area contributed by atoms with Gasteiger partial charge in [-0.15, -0.1) is 0 Å². The van der Waals surface area contributed by atoms with E-state index in [1.165, 1.54) is 5.52 Å². The lowest BCUT2D eigenvalue weighted by molar-refractivity contribution is 0.572. The maximum Gasteiger partial charge on any atom is 0.0981 e. The summed E-state index contributed by atoms with van der Waals surface area (Å²) in [5.41, 5.74) is 1.25. The molecule has 0 spiro atoms. The zero-order chi connectivity index (χ0) is 14.2. The van der Waals surface area contributed by atoms with Crippen LogP contribution in [0.1, 0.15) is 13.8 Å². The summed E-state index contributed by atoms with van der Waals surface area (Å²) in [5.74, 6) is 0. The Labute approximate surface area is 119 Å². The molecule has 4 rings (SSSR count). The Balaban J connectivity index is 0.000000131. The fraction of sp³-hybridized carbons (Fsp3) is 0.111. The molecular weight excluding hydrogens is 246 g/mol. The molecule has 3 aromatic heterocycles. The van der Waals surface area contributed by atoms with E-state index in [2.05, 4.69) is 16.5 Å². The molecule has 20 heavy (non-hydrogen) atoms. The third-order valence-electron chi connectivity index (χ3n) is 2.82. The zero-order valence-corrected chi connectivity index (χ0v) is 11.9. The van der Waals surface area contributed by atoms with E-state index >= 15 is 0 Å². The smallest absolute Gasteiger partial charge is 0.0981 e. The summed E-state index contributed by atoms with van der Waals surface area (Å²) in [6, 6.07) is 18.3. The number of rotatable bonds is 0. The van der Waals surface area contributed by atoms with Crippen LogP contribution in [-0.2, 0) is 0 Å². The van der Waals surface area contributed by atoms with Crippen molar-refractivity contribution in [2.24, 2.45) is 0 Å². The van der Waals surface area contributed by atoms with Crippen LogP contribution in [0.5, 0.6) is 0 Å². The third kappa shape index (κ3) is 3.29. The van der Waals surface area contributed by atoms with Gasteiger partial charge in [-0.3, -0.25) is 0 Å². The molecule has 0 bridgehead atoms. The minimum Gasteiger partial charge on any atom is -0.471 e. The summed E-state index contributed by atoms with van der Waals surface area (Å²) in [7, 11) is 0. The molecule has 0 N–H and O–H groups in total. The highest BCUT2D eigenvalue weighted by Crippen LogP contribution is 2.12. The Morgan fingerprint density at radius 1 is 0.700 bits per heavy atom. The highest BCUT2D eigenvalue weighted by molar-refractivity contribution is 5.80. The van der Waals surface area contributed by atoms with Gasteiger partial charge in [0, 0.05) is 28.7 Å². The quantitative estimate of drug-likeness (QED) is 0.416. The van der Waals surface area contributed by atoms with Crippen molar-refractivity contribution in [2.45, 2.75) is 13.8 Å².